The second kappa shape index (κ2) is 6.23. The molecular formula is C11H19N3O4. The molecule has 102 valence electrons. The van der Waals surface area contributed by atoms with Gasteiger partial charge in [-0.15, -0.1) is 0 Å². The first-order valence-electron chi connectivity index (χ1n) is 5.89. The third kappa shape index (κ3) is 3.90. The fraction of sp³-hybridized carbons (Fsp3) is 0.727. The number of urea groups is 1. The standard InChI is InChI=1S/C11H19N3O4/c1-9(15)13-5-7-14(8-6-13)11(18)12(2)4-3-10(16)17/h3-8H2,1-2H3,(H,16,17). The Hall–Kier alpha value is -1.79. The van der Waals surface area contributed by atoms with E-state index in [0.717, 1.165) is 0 Å². The van der Waals surface area contributed by atoms with Crippen molar-refractivity contribution < 1.29 is 19.5 Å². The van der Waals surface area contributed by atoms with E-state index in [9.17, 15) is 14.4 Å². The summed E-state index contributed by atoms with van der Waals surface area (Å²) < 4.78 is 0. The molecule has 1 saturated heterocycles. The van der Waals surface area contributed by atoms with Crippen LogP contribution in [0.2, 0.25) is 0 Å². The summed E-state index contributed by atoms with van der Waals surface area (Å²) in [7, 11) is 1.59. The van der Waals surface area contributed by atoms with E-state index in [1.165, 1.54) is 11.8 Å². The first-order chi connectivity index (χ1) is 8.41. The lowest BCUT2D eigenvalue weighted by Gasteiger charge is -2.36. The van der Waals surface area contributed by atoms with E-state index in [4.69, 9.17) is 5.11 Å². The summed E-state index contributed by atoms with van der Waals surface area (Å²) in [6.45, 7) is 3.77. The van der Waals surface area contributed by atoms with Crippen LogP contribution < -0.4 is 0 Å². The Balaban J connectivity index is 2.39. The molecular weight excluding hydrogens is 238 g/mol. The Bertz CT molecular complexity index is 337. The molecule has 3 amide bonds. The van der Waals surface area contributed by atoms with Gasteiger partial charge in [-0.25, -0.2) is 4.79 Å². The number of carbonyl (C=O) groups excluding carboxylic acids is 2. The molecule has 0 aromatic rings. The number of aliphatic carboxylic acids is 1. The number of carboxylic acid groups (broad SMARTS) is 1. The highest BCUT2D eigenvalue weighted by Crippen LogP contribution is 2.05. The lowest BCUT2D eigenvalue weighted by atomic mass is 10.3. The van der Waals surface area contributed by atoms with Gasteiger partial charge < -0.3 is 19.8 Å². The van der Waals surface area contributed by atoms with Gasteiger partial charge in [0.1, 0.15) is 0 Å². The van der Waals surface area contributed by atoms with Gasteiger partial charge in [-0.1, -0.05) is 0 Å². The molecule has 7 nitrogen and oxygen atoms in total. The third-order valence-electron chi connectivity index (χ3n) is 2.98. The van der Waals surface area contributed by atoms with Gasteiger partial charge in [0, 0.05) is 46.7 Å². The average molecular weight is 257 g/mol. The van der Waals surface area contributed by atoms with Crippen molar-refractivity contribution in [1.82, 2.24) is 14.7 Å². The molecule has 1 aliphatic heterocycles. The molecule has 0 aliphatic carbocycles. The van der Waals surface area contributed by atoms with Crippen LogP contribution in [0.25, 0.3) is 0 Å². The molecule has 0 aromatic heterocycles. The van der Waals surface area contributed by atoms with E-state index in [1.807, 2.05) is 0 Å². The van der Waals surface area contributed by atoms with E-state index in [1.54, 1.807) is 16.8 Å². The van der Waals surface area contributed by atoms with Crippen LogP contribution in [0.1, 0.15) is 13.3 Å². The summed E-state index contributed by atoms with van der Waals surface area (Å²) in [6.07, 6.45) is -0.0599. The highest BCUT2D eigenvalue weighted by atomic mass is 16.4. The summed E-state index contributed by atoms with van der Waals surface area (Å²) in [4.78, 5) is 38.2. The summed E-state index contributed by atoms with van der Waals surface area (Å²) in [5.41, 5.74) is 0. The number of carboxylic acids is 1. The molecule has 7 heteroatoms. The van der Waals surface area contributed by atoms with Crippen molar-refractivity contribution in [3.05, 3.63) is 0 Å². The topological polar surface area (TPSA) is 81.2 Å². The van der Waals surface area contributed by atoms with Crippen molar-refractivity contribution in [2.24, 2.45) is 0 Å². The summed E-state index contributed by atoms with van der Waals surface area (Å²) in [6, 6.07) is -0.181. The lowest BCUT2D eigenvalue weighted by molar-refractivity contribution is -0.137. The van der Waals surface area contributed by atoms with Crippen molar-refractivity contribution in [3.8, 4) is 0 Å². The fourth-order valence-electron chi connectivity index (χ4n) is 1.81. The molecule has 18 heavy (non-hydrogen) atoms. The maximum Gasteiger partial charge on any atom is 0.319 e. The van der Waals surface area contributed by atoms with Crippen molar-refractivity contribution in [2.75, 3.05) is 39.8 Å². The zero-order valence-corrected chi connectivity index (χ0v) is 10.8. The van der Waals surface area contributed by atoms with E-state index in [2.05, 4.69) is 0 Å². The predicted molar refractivity (Wildman–Crippen MR) is 64.1 cm³/mol. The van der Waals surface area contributed by atoms with Gasteiger partial charge in [0.25, 0.3) is 0 Å². The SMILES string of the molecule is CC(=O)N1CCN(C(=O)N(C)CCC(=O)O)CC1. The molecule has 0 unspecified atom stereocenters. The van der Waals surface area contributed by atoms with Crippen molar-refractivity contribution >= 4 is 17.9 Å². The zero-order valence-electron chi connectivity index (χ0n) is 10.8. The molecule has 0 bridgehead atoms. The van der Waals surface area contributed by atoms with Crippen molar-refractivity contribution in [2.45, 2.75) is 13.3 Å². The van der Waals surface area contributed by atoms with Crippen LogP contribution in [-0.4, -0.2) is 77.5 Å². The maximum absolute atomic E-state index is 11.9. The Labute approximate surface area is 106 Å². The number of amides is 3. The van der Waals surface area contributed by atoms with E-state index in [-0.39, 0.29) is 24.9 Å². The summed E-state index contributed by atoms with van der Waals surface area (Å²) in [5, 5.41) is 8.55. The molecule has 1 fully saturated rings. The van der Waals surface area contributed by atoms with Crippen molar-refractivity contribution in [1.29, 1.82) is 0 Å². The molecule has 0 atom stereocenters. The monoisotopic (exact) mass is 257 g/mol. The minimum atomic E-state index is -0.920. The number of rotatable bonds is 3. The van der Waals surface area contributed by atoms with Crippen LogP contribution in [0.4, 0.5) is 4.79 Å². The largest absolute Gasteiger partial charge is 0.481 e. The predicted octanol–water partition coefficient (Wildman–Crippen LogP) is -0.323. The first kappa shape index (κ1) is 14.3. The molecule has 1 rings (SSSR count). The van der Waals surface area contributed by atoms with Gasteiger partial charge in [-0.2, -0.15) is 0 Å². The van der Waals surface area contributed by atoms with Crippen LogP contribution >= 0.6 is 0 Å². The molecule has 0 spiro atoms. The number of hydrogen-bond acceptors (Lipinski definition) is 3. The van der Waals surface area contributed by atoms with Crippen LogP contribution in [0, 0.1) is 0 Å². The van der Waals surface area contributed by atoms with Gasteiger partial charge in [0.05, 0.1) is 6.42 Å². The smallest absolute Gasteiger partial charge is 0.319 e. The quantitative estimate of drug-likeness (QED) is 0.751. The maximum atomic E-state index is 11.9. The molecule has 0 radical (unpaired) electrons. The van der Waals surface area contributed by atoms with Gasteiger partial charge in [-0.05, 0) is 0 Å². The van der Waals surface area contributed by atoms with Gasteiger partial charge in [-0.3, -0.25) is 9.59 Å². The average Bonchev–Trinajstić information content (AvgIpc) is 2.35. The second-order valence-corrected chi connectivity index (χ2v) is 4.34. The fourth-order valence-corrected chi connectivity index (χ4v) is 1.81. The zero-order chi connectivity index (χ0) is 13.7. The van der Waals surface area contributed by atoms with Gasteiger partial charge in [0.15, 0.2) is 0 Å². The van der Waals surface area contributed by atoms with E-state index >= 15 is 0 Å². The minimum absolute atomic E-state index is 0.0151. The number of hydrogen-bond donors (Lipinski definition) is 1. The second-order valence-electron chi connectivity index (χ2n) is 4.34. The Morgan fingerprint density at radius 2 is 1.61 bits per heavy atom. The van der Waals surface area contributed by atoms with E-state index < -0.39 is 5.97 Å². The van der Waals surface area contributed by atoms with Crippen LogP contribution in [-0.2, 0) is 9.59 Å². The minimum Gasteiger partial charge on any atom is -0.481 e. The summed E-state index contributed by atoms with van der Waals surface area (Å²) in [5.74, 6) is -0.905. The Kier molecular flexibility index (Phi) is 4.94. The first-order valence-corrected chi connectivity index (χ1v) is 5.89. The molecule has 1 aliphatic rings. The molecule has 1 heterocycles. The van der Waals surface area contributed by atoms with Crippen LogP contribution in [0.3, 0.4) is 0 Å². The normalized spacial score (nSPS) is 15.4. The van der Waals surface area contributed by atoms with Crippen LogP contribution in [0.5, 0.6) is 0 Å². The van der Waals surface area contributed by atoms with Gasteiger partial charge >= 0.3 is 12.0 Å². The highest BCUT2D eigenvalue weighted by molar-refractivity contribution is 5.76. The number of carbonyl (C=O) groups is 3. The third-order valence-corrected chi connectivity index (χ3v) is 2.98. The molecule has 0 aromatic carbocycles. The Morgan fingerprint density at radius 3 is 2.06 bits per heavy atom. The van der Waals surface area contributed by atoms with Crippen LogP contribution in [0.15, 0.2) is 0 Å². The van der Waals surface area contributed by atoms with Gasteiger partial charge in [0.2, 0.25) is 5.91 Å². The van der Waals surface area contributed by atoms with E-state index in [0.29, 0.717) is 26.2 Å². The lowest BCUT2D eigenvalue weighted by Crippen LogP contribution is -2.53. The molecule has 1 N–H and O–H groups in total. The van der Waals surface area contributed by atoms with Crippen molar-refractivity contribution in [3.63, 3.8) is 0 Å². The Morgan fingerprint density at radius 1 is 1.11 bits per heavy atom. The number of nitrogens with zero attached hydrogens (tertiary/aromatic N) is 3. The highest BCUT2D eigenvalue weighted by Gasteiger charge is 2.24. The molecule has 0 saturated carbocycles. The summed E-state index contributed by atoms with van der Waals surface area (Å²) >= 11 is 0. The number of piperazine rings is 1.